The normalized spacial score (nSPS) is 15.9. The van der Waals surface area contributed by atoms with Crippen LogP contribution >= 0.6 is 23.2 Å². The predicted molar refractivity (Wildman–Crippen MR) is 105 cm³/mol. The number of hydrogen-bond donors (Lipinski definition) is 0. The number of anilines is 1. The summed E-state index contributed by atoms with van der Waals surface area (Å²) in [6, 6.07) is 7.10. The second-order valence-corrected chi connectivity index (χ2v) is 7.39. The van der Waals surface area contributed by atoms with Crippen LogP contribution in [0.15, 0.2) is 36.5 Å². The van der Waals surface area contributed by atoms with Crippen molar-refractivity contribution in [2.75, 3.05) is 31.1 Å². The molecule has 1 atom stereocenters. The summed E-state index contributed by atoms with van der Waals surface area (Å²) in [6.07, 6.45) is -4.34. The Morgan fingerprint density at radius 3 is 2.38 bits per heavy atom. The van der Waals surface area contributed by atoms with Crippen molar-refractivity contribution in [2.45, 2.75) is 19.2 Å². The highest BCUT2D eigenvalue weighted by molar-refractivity contribution is 6.35. The molecular weight excluding hydrogens is 430 g/mol. The Morgan fingerprint density at radius 1 is 1.14 bits per heavy atom. The molecule has 1 aromatic carbocycles. The molecule has 1 saturated heterocycles. The monoisotopic (exact) mass is 447 g/mol. The number of benzene rings is 1. The Morgan fingerprint density at radius 2 is 1.83 bits per heavy atom. The number of amides is 1. The van der Waals surface area contributed by atoms with E-state index in [9.17, 15) is 18.0 Å². The molecule has 2 heterocycles. The van der Waals surface area contributed by atoms with Gasteiger partial charge in [0.25, 0.3) is 5.91 Å². The first-order chi connectivity index (χ1) is 13.6. The van der Waals surface area contributed by atoms with Gasteiger partial charge in [-0.2, -0.15) is 13.2 Å². The number of carbonyl (C=O) groups is 1. The summed E-state index contributed by atoms with van der Waals surface area (Å²) in [7, 11) is 0. The average Bonchev–Trinajstić information content (AvgIpc) is 2.69. The summed E-state index contributed by atoms with van der Waals surface area (Å²) in [6.45, 7) is 3.36. The van der Waals surface area contributed by atoms with E-state index < -0.39 is 17.8 Å². The second kappa shape index (κ2) is 8.67. The molecule has 1 unspecified atom stereocenters. The van der Waals surface area contributed by atoms with Crippen LogP contribution in [0, 0.1) is 0 Å². The smallest absolute Gasteiger partial charge is 0.417 e. The van der Waals surface area contributed by atoms with E-state index in [1.807, 2.05) is 4.90 Å². The van der Waals surface area contributed by atoms with Crippen LogP contribution < -0.4 is 9.64 Å². The fraction of sp³-hybridized carbons (Fsp3) is 0.368. The SMILES string of the molecule is CC(Oc1ccc(Cl)cc1Cl)C(=O)N1CCN(c2ccc(C(F)(F)F)cn2)CC1. The molecule has 3 rings (SSSR count). The van der Waals surface area contributed by atoms with Gasteiger partial charge in [0.05, 0.1) is 10.6 Å². The number of nitrogens with zero attached hydrogens (tertiary/aromatic N) is 3. The molecule has 29 heavy (non-hydrogen) atoms. The molecule has 2 aromatic rings. The van der Waals surface area contributed by atoms with Gasteiger partial charge in [-0.3, -0.25) is 4.79 Å². The molecule has 0 aliphatic carbocycles. The van der Waals surface area contributed by atoms with Crippen molar-refractivity contribution in [3.05, 3.63) is 52.1 Å². The quantitative estimate of drug-likeness (QED) is 0.690. The average molecular weight is 448 g/mol. The number of hydrogen-bond acceptors (Lipinski definition) is 4. The first-order valence-corrected chi connectivity index (χ1v) is 9.59. The molecule has 156 valence electrons. The largest absolute Gasteiger partial charge is 0.479 e. The van der Waals surface area contributed by atoms with Crippen LogP contribution in [0.25, 0.3) is 0 Å². The number of ether oxygens (including phenoxy) is 1. The van der Waals surface area contributed by atoms with Crippen molar-refractivity contribution in [1.82, 2.24) is 9.88 Å². The van der Waals surface area contributed by atoms with E-state index in [-0.39, 0.29) is 5.91 Å². The zero-order valence-electron chi connectivity index (χ0n) is 15.4. The fourth-order valence-corrected chi connectivity index (χ4v) is 3.42. The Labute approximate surface area is 176 Å². The molecule has 0 N–H and O–H groups in total. The zero-order chi connectivity index (χ0) is 21.2. The van der Waals surface area contributed by atoms with E-state index in [4.69, 9.17) is 27.9 Å². The standard InChI is InChI=1S/C19H18Cl2F3N3O2/c1-12(29-16-4-3-14(20)10-15(16)21)18(28)27-8-6-26(7-9-27)17-5-2-13(11-25-17)19(22,23)24/h2-5,10-12H,6-9H2,1H3. The van der Waals surface area contributed by atoms with Crippen LogP contribution in [0.3, 0.4) is 0 Å². The molecule has 10 heteroatoms. The fourth-order valence-electron chi connectivity index (χ4n) is 2.97. The highest BCUT2D eigenvalue weighted by Gasteiger charge is 2.31. The van der Waals surface area contributed by atoms with Crippen molar-refractivity contribution in [3.8, 4) is 5.75 Å². The molecule has 0 saturated carbocycles. The third kappa shape index (κ3) is 5.25. The first-order valence-electron chi connectivity index (χ1n) is 8.84. The van der Waals surface area contributed by atoms with Crippen LogP contribution in [0.5, 0.6) is 5.75 Å². The van der Waals surface area contributed by atoms with Crippen molar-refractivity contribution in [1.29, 1.82) is 0 Å². The van der Waals surface area contributed by atoms with Gasteiger partial charge in [0, 0.05) is 37.4 Å². The Bertz CT molecular complexity index is 870. The van der Waals surface area contributed by atoms with Crippen molar-refractivity contribution in [3.63, 3.8) is 0 Å². The summed E-state index contributed by atoms with van der Waals surface area (Å²) in [5, 5.41) is 0.782. The Hall–Kier alpha value is -2.19. The van der Waals surface area contributed by atoms with E-state index in [1.165, 1.54) is 12.1 Å². The molecule has 1 amide bonds. The van der Waals surface area contributed by atoms with Gasteiger partial charge in [0.2, 0.25) is 0 Å². The third-order valence-corrected chi connectivity index (χ3v) is 5.07. The number of alkyl halides is 3. The van der Waals surface area contributed by atoms with Crippen LogP contribution in [0.2, 0.25) is 10.0 Å². The summed E-state index contributed by atoms with van der Waals surface area (Å²) >= 11 is 11.9. The Balaban J connectivity index is 1.56. The number of pyridine rings is 1. The molecule has 0 radical (unpaired) electrons. The van der Waals surface area contributed by atoms with Gasteiger partial charge in [0.1, 0.15) is 11.6 Å². The van der Waals surface area contributed by atoms with Gasteiger partial charge in [0.15, 0.2) is 6.10 Å². The molecule has 5 nitrogen and oxygen atoms in total. The highest BCUT2D eigenvalue weighted by atomic mass is 35.5. The lowest BCUT2D eigenvalue weighted by Gasteiger charge is -2.36. The van der Waals surface area contributed by atoms with Crippen LogP contribution in [-0.4, -0.2) is 48.1 Å². The minimum atomic E-state index is -4.42. The van der Waals surface area contributed by atoms with E-state index in [0.29, 0.717) is 47.8 Å². The maximum Gasteiger partial charge on any atom is 0.417 e. The zero-order valence-corrected chi connectivity index (χ0v) is 16.9. The molecular formula is C19H18Cl2F3N3O2. The Kier molecular flexibility index (Phi) is 6.43. The number of halogens is 5. The number of piperazine rings is 1. The van der Waals surface area contributed by atoms with Gasteiger partial charge in [-0.15, -0.1) is 0 Å². The van der Waals surface area contributed by atoms with Crippen LogP contribution in [0.1, 0.15) is 12.5 Å². The third-order valence-electron chi connectivity index (χ3n) is 4.54. The van der Waals surface area contributed by atoms with Gasteiger partial charge >= 0.3 is 6.18 Å². The molecule has 1 fully saturated rings. The summed E-state index contributed by atoms with van der Waals surface area (Å²) in [5.41, 5.74) is -0.790. The lowest BCUT2D eigenvalue weighted by Crippen LogP contribution is -2.52. The second-order valence-electron chi connectivity index (χ2n) is 6.55. The van der Waals surface area contributed by atoms with E-state index in [2.05, 4.69) is 4.98 Å². The topological polar surface area (TPSA) is 45.7 Å². The van der Waals surface area contributed by atoms with Gasteiger partial charge in [-0.05, 0) is 37.3 Å². The number of rotatable bonds is 4. The van der Waals surface area contributed by atoms with E-state index in [1.54, 1.807) is 24.0 Å². The summed E-state index contributed by atoms with van der Waals surface area (Å²) < 4.78 is 43.6. The summed E-state index contributed by atoms with van der Waals surface area (Å²) in [4.78, 5) is 20.0. The van der Waals surface area contributed by atoms with Gasteiger partial charge in [-0.1, -0.05) is 23.2 Å². The minimum absolute atomic E-state index is 0.198. The number of aromatic nitrogens is 1. The summed E-state index contributed by atoms with van der Waals surface area (Å²) in [5.74, 6) is 0.614. The molecule has 1 aliphatic rings. The maximum absolute atomic E-state index is 12.7. The molecule has 0 spiro atoms. The lowest BCUT2D eigenvalue weighted by molar-refractivity contribution is -0.138. The van der Waals surface area contributed by atoms with Crippen molar-refractivity contribution >= 4 is 34.9 Å². The highest BCUT2D eigenvalue weighted by Crippen LogP contribution is 2.30. The maximum atomic E-state index is 12.7. The predicted octanol–water partition coefficient (Wildman–Crippen LogP) is 4.52. The minimum Gasteiger partial charge on any atom is -0.479 e. The van der Waals surface area contributed by atoms with Crippen molar-refractivity contribution in [2.24, 2.45) is 0 Å². The van der Waals surface area contributed by atoms with Crippen LogP contribution in [0.4, 0.5) is 19.0 Å². The lowest BCUT2D eigenvalue weighted by atomic mass is 10.2. The van der Waals surface area contributed by atoms with E-state index >= 15 is 0 Å². The first kappa shape index (κ1) is 21.5. The van der Waals surface area contributed by atoms with E-state index in [0.717, 1.165) is 12.3 Å². The number of carbonyl (C=O) groups excluding carboxylic acids is 1. The molecule has 1 aliphatic heterocycles. The van der Waals surface area contributed by atoms with Gasteiger partial charge in [-0.25, -0.2) is 4.98 Å². The molecule has 1 aromatic heterocycles. The molecule has 0 bridgehead atoms. The van der Waals surface area contributed by atoms with Crippen molar-refractivity contribution < 1.29 is 22.7 Å². The van der Waals surface area contributed by atoms with Crippen LogP contribution in [-0.2, 0) is 11.0 Å². The van der Waals surface area contributed by atoms with Gasteiger partial charge < -0.3 is 14.5 Å².